The summed E-state index contributed by atoms with van der Waals surface area (Å²) in [6.07, 6.45) is 5.65. The molecule has 0 aromatic carbocycles. The summed E-state index contributed by atoms with van der Waals surface area (Å²) < 4.78 is 0. The van der Waals surface area contributed by atoms with Gasteiger partial charge in [-0.1, -0.05) is 11.6 Å². The average Bonchev–Trinajstić information content (AvgIpc) is 2.39. The fourth-order valence-corrected chi connectivity index (χ4v) is 2.74. The highest BCUT2D eigenvalue weighted by Gasteiger charge is 2.15. The third-order valence-corrected chi connectivity index (χ3v) is 3.65. The van der Waals surface area contributed by atoms with Gasteiger partial charge in [0.05, 0.1) is 0 Å². The van der Waals surface area contributed by atoms with E-state index in [1.54, 1.807) is 0 Å². The average molecular weight is 262 g/mol. The van der Waals surface area contributed by atoms with Gasteiger partial charge in [-0.3, -0.25) is 0 Å². The zero-order valence-corrected chi connectivity index (χ0v) is 11.2. The second-order valence-electron chi connectivity index (χ2n) is 4.86. The number of hydrogen-bond acceptors (Lipinski definition) is 3. The van der Waals surface area contributed by atoms with Crippen LogP contribution in [-0.4, -0.2) is 23.1 Å². The number of aryl methyl sites for hydroxylation is 1. The van der Waals surface area contributed by atoms with Crippen LogP contribution in [-0.2, 0) is 0 Å². The van der Waals surface area contributed by atoms with E-state index in [4.69, 9.17) is 16.6 Å². The molecule has 0 unspecified atom stereocenters. The van der Waals surface area contributed by atoms with Crippen LogP contribution in [0.15, 0.2) is 18.3 Å². The van der Waals surface area contributed by atoms with Crippen molar-refractivity contribution >= 4 is 28.2 Å². The highest BCUT2D eigenvalue weighted by molar-refractivity contribution is 6.30. The molecule has 18 heavy (non-hydrogen) atoms. The van der Waals surface area contributed by atoms with E-state index in [-0.39, 0.29) is 0 Å². The van der Waals surface area contributed by atoms with Crippen molar-refractivity contribution in [1.82, 2.24) is 9.97 Å². The van der Waals surface area contributed by atoms with Gasteiger partial charge in [0, 0.05) is 35.8 Å². The van der Waals surface area contributed by atoms with Crippen LogP contribution in [0.4, 0.5) is 5.82 Å². The Labute approximate surface area is 112 Å². The van der Waals surface area contributed by atoms with E-state index in [0.29, 0.717) is 5.15 Å². The third-order valence-electron chi connectivity index (χ3n) is 3.44. The van der Waals surface area contributed by atoms with Gasteiger partial charge < -0.3 is 4.90 Å². The Hall–Kier alpha value is -1.35. The molecule has 1 fully saturated rings. The highest BCUT2D eigenvalue weighted by Crippen LogP contribution is 2.29. The van der Waals surface area contributed by atoms with E-state index in [0.717, 1.165) is 35.4 Å². The Bertz CT molecular complexity index is 577. The number of hydrogen-bond donors (Lipinski definition) is 0. The SMILES string of the molecule is Cc1cc2cnc(Cl)cc2c(N2CCCCC2)n1. The lowest BCUT2D eigenvalue weighted by Gasteiger charge is -2.29. The number of piperidine rings is 1. The largest absolute Gasteiger partial charge is 0.356 e. The van der Waals surface area contributed by atoms with Gasteiger partial charge in [0.25, 0.3) is 0 Å². The van der Waals surface area contributed by atoms with E-state index in [1.165, 1.54) is 19.3 Å². The highest BCUT2D eigenvalue weighted by atomic mass is 35.5. The predicted molar refractivity (Wildman–Crippen MR) is 75.3 cm³/mol. The van der Waals surface area contributed by atoms with Crippen LogP contribution < -0.4 is 4.90 Å². The Morgan fingerprint density at radius 2 is 1.94 bits per heavy atom. The minimum atomic E-state index is 0.534. The summed E-state index contributed by atoms with van der Waals surface area (Å²) in [4.78, 5) is 11.2. The van der Waals surface area contributed by atoms with E-state index in [1.807, 2.05) is 19.2 Å². The van der Waals surface area contributed by atoms with Crippen LogP contribution in [0.5, 0.6) is 0 Å². The maximum atomic E-state index is 6.01. The maximum Gasteiger partial charge on any atom is 0.136 e. The molecule has 0 radical (unpaired) electrons. The van der Waals surface area contributed by atoms with Crippen molar-refractivity contribution in [3.8, 4) is 0 Å². The first-order valence-electron chi connectivity index (χ1n) is 6.42. The first-order valence-corrected chi connectivity index (χ1v) is 6.80. The molecular formula is C14H16ClN3. The number of aromatic nitrogens is 2. The van der Waals surface area contributed by atoms with Gasteiger partial charge in [-0.05, 0) is 38.3 Å². The normalized spacial score (nSPS) is 16.2. The fraction of sp³-hybridized carbons (Fsp3) is 0.429. The lowest BCUT2D eigenvalue weighted by molar-refractivity contribution is 0.574. The molecule has 0 atom stereocenters. The summed E-state index contributed by atoms with van der Waals surface area (Å²) in [5, 5.41) is 2.77. The summed E-state index contributed by atoms with van der Waals surface area (Å²) in [6.45, 7) is 4.21. The van der Waals surface area contributed by atoms with Crippen LogP contribution >= 0.6 is 11.6 Å². The molecule has 1 saturated heterocycles. The Morgan fingerprint density at radius 1 is 1.17 bits per heavy atom. The minimum absolute atomic E-state index is 0.534. The number of fused-ring (bicyclic) bond motifs is 1. The van der Waals surface area contributed by atoms with Gasteiger partial charge in [0.15, 0.2) is 0 Å². The van der Waals surface area contributed by atoms with E-state index in [2.05, 4.69) is 16.0 Å². The van der Waals surface area contributed by atoms with Crippen LogP contribution in [0.25, 0.3) is 10.8 Å². The topological polar surface area (TPSA) is 29.0 Å². The molecule has 0 aliphatic carbocycles. The number of nitrogens with zero attached hydrogens (tertiary/aromatic N) is 3. The first-order chi connectivity index (χ1) is 8.74. The van der Waals surface area contributed by atoms with Crippen LogP contribution in [0.3, 0.4) is 0 Å². The van der Waals surface area contributed by atoms with Crippen LogP contribution in [0.2, 0.25) is 5.15 Å². The van der Waals surface area contributed by atoms with Gasteiger partial charge in [0.2, 0.25) is 0 Å². The zero-order valence-electron chi connectivity index (χ0n) is 10.5. The van der Waals surface area contributed by atoms with Crippen molar-refractivity contribution in [3.63, 3.8) is 0 Å². The third kappa shape index (κ3) is 2.15. The molecule has 0 amide bonds. The van der Waals surface area contributed by atoms with Crippen LogP contribution in [0.1, 0.15) is 25.0 Å². The molecular weight excluding hydrogens is 246 g/mol. The van der Waals surface area contributed by atoms with E-state index < -0.39 is 0 Å². The van der Waals surface area contributed by atoms with Gasteiger partial charge in [-0.25, -0.2) is 9.97 Å². The van der Waals surface area contributed by atoms with E-state index >= 15 is 0 Å². The number of rotatable bonds is 1. The Balaban J connectivity index is 2.16. The van der Waals surface area contributed by atoms with Crippen molar-refractivity contribution in [2.24, 2.45) is 0 Å². The molecule has 3 heterocycles. The van der Waals surface area contributed by atoms with Gasteiger partial charge in [-0.15, -0.1) is 0 Å². The molecule has 1 aliphatic heterocycles. The molecule has 4 heteroatoms. The molecule has 0 bridgehead atoms. The van der Waals surface area contributed by atoms with Crippen LogP contribution in [0, 0.1) is 6.92 Å². The molecule has 0 N–H and O–H groups in total. The van der Waals surface area contributed by atoms with Gasteiger partial charge in [0.1, 0.15) is 11.0 Å². The standard InChI is InChI=1S/C14H16ClN3/c1-10-7-11-9-16-13(15)8-12(11)14(17-10)18-5-3-2-4-6-18/h7-9H,2-6H2,1H3. The predicted octanol–water partition coefficient (Wildman–Crippen LogP) is 3.58. The number of anilines is 1. The lowest BCUT2D eigenvalue weighted by Crippen LogP contribution is -2.30. The summed E-state index contributed by atoms with van der Waals surface area (Å²) in [7, 11) is 0. The van der Waals surface area contributed by atoms with Crippen molar-refractivity contribution < 1.29 is 0 Å². The Morgan fingerprint density at radius 3 is 2.72 bits per heavy atom. The molecule has 0 spiro atoms. The summed E-state index contributed by atoms with van der Waals surface area (Å²) in [6, 6.07) is 3.99. The molecule has 2 aromatic rings. The fourth-order valence-electron chi connectivity index (χ4n) is 2.58. The minimum Gasteiger partial charge on any atom is -0.356 e. The number of halogens is 1. The lowest BCUT2D eigenvalue weighted by atomic mass is 10.1. The first kappa shape index (κ1) is 11.7. The quantitative estimate of drug-likeness (QED) is 0.735. The second-order valence-corrected chi connectivity index (χ2v) is 5.25. The Kier molecular flexibility index (Phi) is 3.08. The smallest absolute Gasteiger partial charge is 0.136 e. The summed E-state index contributed by atoms with van der Waals surface area (Å²) >= 11 is 6.01. The van der Waals surface area contributed by atoms with Crippen molar-refractivity contribution in [2.75, 3.05) is 18.0 Å². The second kappa shape index (κ2) is 4.73. The molecule has 94 valence electrons. The van der Waals surface area contributed by atoms with Crippen molar-refractivity contribution in [2.45, 2.75) is 26.2 Å². The van der Waals surface area contributed by atoms with Gasteiger partial charge >= 0.3 is 0 Å². The van der Waals surface area contributed by atoms with Crippen molar-refractivity contribution in [1.29, 1.82) is 0 Å². The molecule has 3 nitrogen and oxygen atoms in total. The molecule has 2 aromatic heterocycles. The maximum absolute atomic E-state index is 6.01. The zero-order chi connectivity index (χ0) is 12.5. The monoisotopic (exact) mass is 261 g/mol. The van der Waals surface area contributed by atoms with E-state index in [9.17, 15) is 0 Å². The molecule has 1 aliphatic rings. The molecule has 3 rings (SSSR count). The summed E-state index contributed by atoms with van der Waals surface area (Å²) in [5.41, 5.74) is 1.03. The summed E-state index contributed by atoms with van der Waals surface area (Å²) in [5.74, 6) is 1.06. The van der Waals surface area contributed by atoms with Gasteiger partial charge in [-0.2, -0.15) is 0 Å². The van der Waals surface area contributed by atoms with Crippen molar-refractivity contribution in [3.05, 3.63) is 29.2 Å². The number of pyridine rings is 2. The molecule has 0 saturated carbocycles.